The first-order valence-corrected chi connectivity index (χ1v) is 10.8. The van der Waals surface area contributed by atoms with Crippen LogP contribution < -0.4 is 9.62 Å². The van der Waals surface area contributed by atoms with Gasteiger partial charge in [-0.3, -0.25) is 9.52 Å². The van der Waals surface area contributed by atoms with Crippen molar-refractivity contribution in [3.8, 4) is 0 Å². The molecule has 1 aliphatic rings. The Labute approximate surface area is 164 Å². The van der Waals surface area contributed by atoms with Crippen LogP contribution in [-0.2, 0) is 27.8 Å². The zero-order chi connectivity index (χ0) is 19.9. The lowest BCUT2D eigenvalue weighted by atomic mass is 10.0. The summed E-state index contributed by atoms with van der Waals surface area (Å²) in [6.45, 7) is 5.02. The Kier molecular flexibility index (Phi) is 4.58. The number of carbonyl (C=O) groups excluding carboxylic acids is 1. The first-order valence-electron chi connectivity index (χ1n) is 9.28. The van der Waals surface area contributed by atoms with Gasteiger partial charge >= 0.3 is 0 Å². The molecule has 28 heavy (non-hydrogen) atoms. The van der Waals surface area contributed by atoms with Crippen LogP contribution >= 0.6 is 0 Å². The molecule has 0 spiro atoms. The molecule has 146 valence electrons. The molecular formula is C20H22N4O3S. The second kappa shape index (κ2) is 6.94. The zero-order valence-electron chi connectivity index (χ0n) is 15.8. The smallest absolute Gasteiger partial charge is 0.261 e. The van der Waals surface area contributed by atoms with Gasteiger partial charge in [-0.25, -0.2) is 13.4 Å². The summed E-state index contributed by atoms with van der Waals surface area (Å²) in [5.74, 6) is -0.0329. The third kappa shape index (κ3) is 3.24. The first-order chi connectivity index (χ1) is 13.4. The SMILES string of the molecule is CCn1cnc2cc(NS(=O)(=O)c3ccc4c(c3)CCCN4C(C)=O)ccc21. The van der Waals surface area contributed by atoms with Crippen molar-refractivity contribution in [1.29, 1.82) is 0 Å². The molecule has 3 aromatic rings. The molecule has 1 amide bonds. The van der Waals surface area contributed by atoms with Gasteiger partial charge in [0.2, 0.25) is 5.91 Å². The van der Waals surface area contributed by atoms with Crippen LogP contribution in [0.25, 0.3) is 11.0 Å². The number of hydrogen-bond donors (Lipinski definition) is 1. The number of sulfonamides is 1. The third-order valence-corrected chi connectivity index (χ3v) is 6.45. The fraction of sp³-hybridized carbons (Fsp3) is 0.300. The molecule has 0 saturated heterocycles. The Morgan fingerprint density at radius 3 is 2.79 bits per heavy atom. The second-order valence-corrected chi connectivity index (χ2v) is 8.59. The van der Waals surface area contributed by atoms with E-state index in [1.165, 1.54) is 6.92 Å². The Bertz CT molecular complexity index is 1170. The maximum absolute atomic E-state index is 12.9. The number of amides is 1. The maximum Gasteiger partial charge on any atom is 0.261 e. The number of hydrogen-bond acceptors (Lipinski definition) is 4. The average molecular weight is 398 g/mol. The molecule has 7 nitrogen and oxygen atoms in total. The van der Waals surface area contributed by atoms with Crippen molar-refractivity contribution < 1.29 is 13.2 Å². The van der Waals surface area contributed by atoms with Crippen LogP contribution in [-0.4, -0.2) is 30.4 Å². The Morgan fingerprint density at radius 2 is 2.04 bits per heavy atom. The first kappa shape index (κ1) is 18.5. The van der Waals surface area contributed by atoms with Gasteiger partial charge in [0, 0.05) is 25.7 Å². The van der Waals surface area contributed by atoms with Gasteiger partial charge in [-0.15, -0.1) is 0 Å². The quantitative estimate of drug-likeness (QED) is 0.732. The molecule has 0 radical (unpaired) electrons. The van der Waals surface area contributed by atoms with E-state index >= 15 is 0 Å². The minimum absolute atomic E-state index is 0.0329. The second-order valence-electron chi connectivity index (χ2n) is 6.90. The van der Waals surface area contributed by atoms with E-state index < -0.39 is 10.0 Å². The fourth-order valence-corrected chi connectivity index (χ4v) is 4.76. The van der Waals surface area contributed by atoms with Crippen molar-refractivity contribution in [2.45, 2.75) is 38.1 Å². The molecule has 0 saturated carbocycles. The molecule has 2 heterocycles. The summed E-state index contributed by atoms with van der Waals surface area (Å²) in [5.41, 5.74) is 3.84. The summed E-state index contributed by atoms with van der Waals surface area (Å²) in [5, 5.41) is 0. The van der Waals surface area contributed by atoms with E-state index in [2.05, 4.69) is 9.71 Å². The van der Waals surface area contributed by atoms with Gasteiger partial charge in [0.15, 0.2) is 0 Å². The molecule has 4 rings (SSSR count). The van der Waals surface area contributed by atoms with Crippen LogP contribution in [0.4, 0.5) is 11.4 Å². The third-order valence-electron chi connectivity index (χ3n) is 5.07. The Morgan fingerprint density at radius 1 is 1.21 bits per heavy atom. The minimum atomic E-state index is -3.74. The summed E-state index contributed by atoms with van der Waals surface area (Å²) < 4.78 is 30.4. The van der Waals surface area contributed by atoms with Crippen LogP contribution in [0, 0.1) is 0 Å². The summed E-state index contributed by atoms with van der Waals surface area (Å²) >= 11 is 0. The summed E-state index contributed by atoms with van der Waals surface area (Å²) in [6, 6.07) is 10.3. The van der Waals surface area contributed by atoms with E-state index in [1.807, 2.05) is 17.6 Å². The molecule has 0 bridgehead atoms. The van der Waals surface area contributed by atoms with E-state index in [0.29, 0.717) is 12.2 Å². The number of aromatic nitrogens is 2. The molecular weight excluding hydrogens is 376 g/mol. The van der Waals surface area contributed by atoms with E-state index in [1.54, 1.807) is 41.6 Å². The number of aryl methyl sites for hydroxylation is 2. The Balaban J connectivity index is 1.64. The highest BCUT2D eigenvalue weighted by atomic mass is 32.2. The van der Waals surface area contributed by atoms with Gasteiger partial charge in [-0.1, -0.05) is 0 Å². The highest BCUT2D eigenvalue weighted by molar-refractivity contribution is 7.92. The molecule has 2 aromatic carbocycles. The minimum Gasteiger partial charge on any atom is -0.331 e. The van der Waals surface area contributed by atoms with Gasteiger partial charge in [0.1, 0.15) is 0 Å². The Hall–Kier alpha value is -2.87. The molecule has 0 unspecified atom stereocenters. The number of imidazole rings is 1. The van der Waals surface area contributed by atoms with Crippen LogP contribution in [0.15, 0.2) is 47.6 Å². The van der Waals surface area contributed by atoms with E-state index in [4.69, 9.17) is 0 Å². The van der Waals surface area contributed by atoms with Crippen LogP contribution in [0.3, 0.4) is 0 Å². The van der Waals surface area contributed by atoms with Crippen LogP contribution in [0.1, 0.15) is 25.8 Å². The highest BCUT2D eigenvalue weighted by Crippen LogP contribution is 2.30. The van der Waals surface area contributed by atoms with E-state index in [9.17, 15) is 13.2 Å². The fourth-order valence-electron chi connectivity index (χ4n) is 3.66. The highest BCUT2D eigenvalue weighted by Gasteiger charge is 2.23. The lowest BCUT2D eigenvalue weighted by Gasteiger charge is -2.28. The van der Waals surface area contributed by atoms with Crippen molar-refractivity contribution in [2.24, 2.45) is 0 Å². The molecule has 1 aliphatic heterocycles. The summed E-state index contributed by atoms with van der Waals surface area (Å²) in [4.78, 5) is 18.0. The molecule has 1 N–H and O–H groups in total. The van der Waals surface area contributed by atoms with E-state index in [-0.39, 0.29) is 10.8 Å². The number of anilines is 2. The maximum atomic E-state index is 12.9. The van der Waals surface area contributed by atoms with Gasteiger partial charge in [-0.05, 0) is 61.7 Å². The molecule has 8 heteroatoms. The number of benzene rings is 2. The largest absolute Gasteiger partial charge is 0.331 e. The summed E-state index contributed by atoms with van der Waals surface area (Å²) in [6.07, 6.45) is 3.32. The molecule has 0 aliphatic carbocycles. The van der Waals surface area contributed by atoms with Gasteiger partial charge in [0.05, 0.1) is 27.9 Å². The summed E-state index contributed by atoms with van der Waals surface area (Å²) in [7, 11) is -3.74. The zero-order valence-corrected chi connectivity index (χ0v) is 16.7. The van der Waals surface area contributed by atoms with Crippen molar-refractivity contribution in [3.63, 3.8) is 0 Å². The number of nitrogens with one attached hydrogen (secondary N) is 1. The number of fused-ring (bicyclic) bond motifs is 2. The predicted molar refractivity (Wildman–Crippen MR) is 109 cm³/mol. The van der Waals surface area contributed by atoms with Crippen molar-refractivity contribution in [2.75, 3.05) is 16.2 Å². The molecule has 0 fully saturated rings. The van der Waals surface area contributed by atoms with Crippen molar-refractivity contribution in [1.82, 2.24) is 9.55 Å². The van der Waals surface area contributed by atoms with Gasteiger partial charge in [0.25, 0.3) is 10.0 Å². The number of rotatable bonds is 4. The van der Waals surface area contributed by atoms with Crippen LogP contribution in [0.2, 0.25) is 0 Å². The molecule has 1 aromatic heterocycles. The molecule has 0 atom stereocenters. The van der Waals surface area contributed by atoms with Gasteiger partial charge in [-0.2, -0.15) is 0 Å². The standard InChI is InChI=1S/C20H22N4O3S/c1-3-23-13-21-18-12-16(6-8-20(18)23)22-28(26,27)17-7-9-19-15(11-17)5-4-10-24(19)14(2)25/h6-9,11-13,22H,3-5,10H2,1-2H3. The van der Waals surface area contributed by atoms with E-state index in [0.717, 1.165) is 41.7 Å². The van der Waals surface area contributed by atoms with Crippen LogP contribution in [0.5, 0.6) is 0 Å². The predicted octanol–water partition coefficient (Wildman–Crippen LogP) is 3.16. The van der Waals surface area contributed by atoms with Gasteiger partial charge < -0.3 is 9.47 Å². The van der Waals surface area contributed by atoms with Crippen molar-refractivity contribution in [3.05, 3.63) is 48.3 Å². The normalized spacial score (nSPS) is 14.1. The van der Waals surface area contributed by atoms with Crippen molar-refractivity contribution >= 4 is 38.3 Å². The monoisotopic (exact) mass is 398 g/mol. The topological polar surface area (TPSA) is 84.3 Å². The average Bonchev–Trinajstić information content (AvgIpc) is 3.08. The number of carbonyl (C=O) groups is 1. The lowest BCUT2D eigenvalue weighted by Crippen LogP contribution is -2.33. The number of nitrogens with zero attached hydrogens (tertiary/aromatic N) is 3. The lowest BCUT2D eigenvalue weighted by molar-refractivity contribution is -0.116.